The van der Waals surface area contributed by atoms with Crippen molar-refractivity contribution in [2.45, 2.75) is 26.3 Å². The highest BCUT2D eigenvalue weighted by Crippen LogP contribution is 2.28. The van der Waals surface area contributed by atoms with Gasteiger partial charge in [0.15, 0.2) is 5.22 Å². The Kier molecular flexibility index (Phi) is 3.83. The monoisotopic (exact) mass is 271 g/mol. The summed E-state index contributed by atoms with van der Waals surface area (Å²) in [6.45, 7) is 4.07. The van der Waals surface area contributed by atoms with Gasteiger partial charge in [0.25, 0.3) is 0 Å². The molecule has 0 radical (unpaired) electrons. The molecule has 2 heterocycles. The van der Waals surface area contributed by atoms with Crippen LogP contribution in [0.25, 0.3) is 0 Å². The van der Waals surface area contributed by atoms with E-state index in [1.54, 1.807) is 17.6 Å². The average molecular weight is 272 g/mol. The molecule has 2 rings (SSSR count). The van der Waals surface area contributed by atoms with Crippen molar-refractivity contribution < 1.29 is 4.42 Å². The maximum atomic E-state index is 5.94. The Hall–Kier alpha value is -0.880. The number of nitrogens with two attached hydrogens (primary N) is 1. The van der Waals surface area contributed by atoms with Crippen LogP contribution in [0.1, 0.15) is 27.2 Å². The molecule has 3 N–H and O–H groups in total. The van der Waals surface area contributed by atoms with Crippen LogP contribution in [0.15, 0.2) is 16.7 Å². The maximum absolute atomic E-state index is 5.94. The van der Waals surface area contributed by atoms with Crippen molar-refractivity contribution >= 4 is 22.9 Å². The number of thiazole rings is 1. The highest BCUT2D eigenvalue weighted by molar-refractivity contribution is 7.11. The van der Waals surface area contributed by atoms with E-state index < -0.39 is 0 Å². The molecule has 6 heteroatoms. The fraction of sp³-hybridized carbons (Fsp3) is 0.364. The number of aromatic nitrogens is 1. The normalized spacial score (nSPS) is 12.9. The lowest BCUT2D eigenvalue weighted by atomic mass is 10.1. The number of hydrogen-bond acceptors (Lipinski definition) is 5. The van der Waals surface area contributed by atoms with E-state index in [-0.39, 0.29) is 6.04 Å². The number of hydrazine groups is 1. The Morgan fingerprint density at radius 1 is 1.59 bits per heavy atom. The van der Waals surface area contributed by atoms with Gasteiger partial charge in [-0.2, -0.15) is 0 Å². The molecule has 1 unspecified atom stereocenters. The Bertz CT molecular complexity index is 489. The molecular weight excluding hydrogens is 258 g/mol. The third-order valence-electron chi connectivity index (χ3n) is 2.67. The number of nitrogens with one attached hydrogen (secondary N) is 1. The van der Waals surface area contributed by atoms with Crippen molar-refractivity contribution in [1.29, 1.82) is 0 Å². The molecule has 4 nitrogen and oxygen atoms in total. The van der Waals surface area contributed by atoms with Crippen LogP contribution in [0, 0.1) is 13.8 Å². The molecule has 0 aromatic carbocycles. The molecular formula is C11H14ClN3OS. The van der Waals surface area contributed by atoms with Gasteiger partial charge in [-0.3, -0.25) is 11.3 Å². The molecule has 0 aliphatic rings. The van der Waals surface area contributed by atoms with E-state index in [4.69, 9.17) is 21.9 Å². The lowest BCUT2D eigenvalue weighted by Gasteiger charge is -2.12. The first-order valence-corrected chi connectivity index (χ1v) is 6.43. The largest absolute Gasteiger partial charge is 0.453 e. The highest BCUT2D eigenvalue weighted by Gasteiger charge is 2.18. The van der Waals surface area contributed by atoms with Crippen molar-refractivity contribution in [3.8, 4) is 0 Å². The zero-order chi connectivity index (χ0) is 12.4. The quantitative estimate of drug-likeness (QED) is 0.663. The lowest BCUT2D eigenvalue weighted by Crippen LogP contribution is -2.29. The van der Waals surface area contributed by atoms with Crippen LogP contribution in [-0.4, -0.2) is 4.98 Å². The minimum Gasteiger partial charge on any atom is -0.453 e. The summed E-state index contributed by atoms with van der Waals surface area (Å²) in [6.07, 6.45) is 2.26. The van der Waals surface area contributed by atoms with Crippen molar-refractivity contribution in [3.05, 3.63) is 38.7 Å². The van der Waals surface area contributed by atoms with Gasteiger partial charge in [-0.15, -0.1) is 11.3 Å². The fourth-order valence-corrected chi connectivity index (χ4v) is 2.84. The number of furan rings is 1. The van der Waals surface area contributed by atoms with Gasteiger partial charge in [0.05, 0.1) is 23.0 Å². The first kappa shape index (κ1) is 12.6. The van der Waals surface area contributed by atoms with Crippen LogP contribution in [-0.2, 0) is 6.42 Å². The average Bonchev–Trinajstić information content (AvgIpc) is 2.83. The predicted molar refractivity (Wildman–Crippen MR) is 69.1 cm³/mol. The van der Waals surface area contributed by atoms with Crippen LogP contribution in [0.3, 0.4) is 0 Å². The molecule has 2 aromatic rings. The summed E-state index contributed by atoms with van der Waals surface area (Å²) in [5, 5.41) is 1.41. The second-order valence-electron chi connectivity index (χ2n) is 3.82. The van der Waals surface area contributed by atoms with Gasteiger partial charge < -0.3 is 4.42 Å². The predicted octanol–water partition coefficient (Wildman–Crippen LogP) is 2.75. The van der Waals surface area contributed by atoms with E-state index in [9.17, 15) is 0 Å². The van der Waals surface area contributed by atoms with Gasteiger partial charge in [-0.1, -0.05) is 0 Å². The molecule has 17 heavy (non-hydrogen) atoms. The van der Waals surface area contributed by atoms with Crippen LogP contribution in [0.4, 0.5) is 0 Å². The summed E-state index contributed by atoms with van der Waals surface area (Å²) in [5.41, 5.74) is 4.67. The van der Waals surface area contributed by atoms with Crippen molar-refractivity contribution in [2.75, 3.05) is 0 Å². The van der Waals surface area contributed by atoms with Crippen LogP contribution in [0.5, 0.6) is 0 Å². The van der Waals surface area contributed by atoms with Gasteiger partial charge >= 0.3 is 0 Å². The second kappa shape index (κ2) is 5.18. The first-order valence-electron chi connectivity index (χ1n) is 5.23. The van der Waals surface area contributed by atoms with Gasteiger partial charge in [-0.05, 0) is 31.5 Å². The molecule has 92 valence electrons. The molecule has 2 aromatic heterocycles. The van der Waals surface area contributed by atoms with E-state index in [1.165, 1.54) is 4.88 Å². The Morgan fingerprint density at radius 2 is 2.35 bits per heavy atom. The van der Waals surface area contributed by atoms with Crippen molar-refractivity contribution in [3.63, 3.8) is 0 Å². The zero-order valence-electron chi connectivity index (χ0n) is 9.66. The fourth-order valence-electron chi connectivity index (χ4n) is 1.61. The number of aryl methyl sites for hydroxylation is 2. The third kappa shape index (κ3) is 2.69. The molecule has 0 aliphatic carbocycles. The van der Waals surface area contributed by atoms with Crippen LogP contribution in [0.2, 0.25) is 5.22 Å². The van der Waals surface area contributed by atoms with Gasteiger partial charge in [0.2, 0.25) is 0 Å². The van der Waals surface area contributed by atoms with Crippen molar-refractivity contribution in [1.82, 2.24) is 10.4 Å². The van der Waals surface area contributed by atoms with Crippen LogP contribution >= 0.6 is 22.9 Å². The van der Waals surface area contributed by atoms with Gasteiger partial charge in [-0.25, -0.2) is 4.98 Å². The minimum atomic E-state index is -0.0776. The first-order chi connectivity index (χ1) is 8.11. The summed E-state index contributed by atoms with van der Waals surface area (Å²) >= 11 is 7.62. The van der Waals surface area contributed by atoms with Crippen LogP contribution < -0.4 is 11.3 Å². The highest BCUT2D eigenvalue weighted by atomic mass is 35.5. The molecule has 0 saturated carbocycles. The molecule has 1 atom stereocenters. The van der Waals surface area contributed by atoms with E-state index in [0.717, 1.165) is 16.3 Å². The summed E-state index contributed by atoms with van der Waals surface area (Å²) < 4.78 is 5.07. The van der Waals surface area contributed by atoms with Gasteiger partial charge in [0, 0.05) is 16.9 Å². The zero-order valence-corrected chi connectivity index (χ0v) is 11.2. The standard InChI is InChI=1S/C11H14ClN3OS/c1-6-7(2)17-10(14-6)5-9(15-13)8-3-4-16-11(8)12/h3-4,9,15H,5,13H2,1-2H3. The lowest BCUT2D eigenvalue weighted by molar-refractivity contribution is 0.526. The van der Waals surface area contributed by atoms with E-state index >= 15 is 0 Å². The van der Waals surface area contributed by atoms with Gasteiger partial charge in [0.1, 0.15) is 0 Å². The molecule has 0 fully saturated rings. The summed E-state index contributed by atoms with van der Waals surface area (Å²) in [4.78, 5) is 5.72. The SMILES string of the molecule is Cc1nc(CC(NN)c2ccoc2Cl)sc1C. The van der Waals surface area contributed by atoms with E-state index in [2.05, 4.69) is 17.3 Å². The van der Waals surface area contributed by atoms with E-state index in [1.807, 2.05) is 13.0 Å². The Labute approximate surface area is 109 Å². The Morgan fingerprint density at radius 3 is 2.82 bits per heavy atom. The minimum absolute atomic E-state index is 0.0776. The summed E-state index contributed by atoms with van der Waals surface area (Å²) in [5.74, 6) is 5.55. The molecule has 0 spiro atoms. The summed E-state index contributed by atoms with van der Waals surface area (Å²) in [7, 11) is 0. The summed E-state index contributed by atoms with van der Waals surface area (Å²) in [6, 6.07) is 1.74. The number of rotatable bonds is 4. The number of hydrogen-bond donors (Lipinski definition) is 2. The second-order valence-corrected chi connectivity index (χ2v) is 5.45. The molecule has 0 amide bonds. The number of nitrogens with zero attached hydrogens (tertiary/aromatic N) is 1. The topological polar surface area (TPSA) is 64.1 Å². The third-order valence-corrected chi connectivity index (χ3v) is 4.08. The number of halogens is 1. The molecule has 0 aliphatic heterocycles. The smallest absolute Gasteiger partial charge is 0.197 e. The molecule has 0 saturated heterocycles. The van der Waals surface area contributed by atoms with E-state index in [0.29, 0.717) is 11.6 Å². The Balaban J connectivity index is 2.18. The van der Waals surface area contributed by atoms with Crippen molar-refractivity contribution in [2.24, 2.45) is 5.84 Å². The maximum Gasteiger partial charge on any atom is 0.197 e. The molecule has 0 bridgehead atoms.